The van der Waals surface area contributed by atoms with Crippen LogP contribution in [0.4, 0.5) is 4.79 Å². The standard InChI is InChI=1S/C35H41N5O8S/c1-2-24-19-35(24,33(43)39-49(45,46)26-12-13-26)38-30(41)28-18-25-20-40(28)32(42)29(23-8-6-9-23)37-34(44)47-16-5-3-4-7-21-10-11-22-14-15-36-31(48-25)27(22)17-21/h2,4,7,10-11,14-15,17,23-26,28-29H,1,3,5-6,8-9,12-13,16,18-20H2,(H,37,44)(H,38,41)(H,39,43)/t24-,25+,28+,29+,35-/m1/s1. The van der Waals surface area contributed by atoms with Crippen LogP contribution in [0, 0.1) is 11.8 Å². The van der Waals surface area contributed by atoms with Crippen molar-refractivity contribution in [3.63, 3.8) is 0 Å². The lowest BCUT2D eigenvalue weighted by atomic mass is 9.79. The molecule has 2 aliphatic heterocycles. The molecule has 14 heteroatoms. The summed E-state index contributed by atoms with van der Waals surface area (Å²) in [6.07, 6.45) is 10.6. The second kappa shape index (κ2) is 13.1. The number of nitrogens with zero attached hydrogens (tertiary/aromatic N) is 2. The molecule has 4 fully saturated rings. The van der Waals surface area contributed by atoms with Gasteiger partial charge in [0, 0.05) is 23.9 Å². The molecule has 1 saturated heterocycles. The molecule has 5 atom stereocenters. The minimum Gasteiger partial charge on any atom is -0.472 e. The summed E-state index contributed by atoms with van der Waals surface area (Å²) < 4.78 is 39.3. The van der Waals surface area contributed by atoms with Gasteiger partial charge in [0.05, 0.1) is 18.4 Å². The van der Waals surface area contributed by atoms with Crippen molar-refractivity contribution in [1.29, 1.82) is 0 Å². The van der Waals surface area contributed by atoms with Gasteiger partial charge in [-0.05, 0) is 73.9 Å². The summed E-state index contributed by atoms with van der Waals surface area (Å²) in [5.74, 6) is -2.15. The van der Waals surface area contributed by atoms with Crippen molar-refractivity contribution in [1.82, 2.24) is 25.2 Å². The lowest BCUT2D eigenvalue weighted by molar-refractivity contribution is -0.142. The Morgan fingerprint density at radius 3 is 2.65 bits per heavy atom. The molecule has 0 spiro atoms. The van der Waals surface area contributed by atoms with Crippen LogP contribution in [0.3, 0.4) is 0 Å². The average molecular weight is 692 g/mol. The van der Waals surface area contributed by atoms with Gasteiger partial charge in [0.15, 0.2) is 0 Å². The second-order valence-corrected chi connectivity index (χ2v) is 15.7. The first-order valence-electron chi connectivity index (χ1n) is 17.0. The van der Waals surface area contributed by atoms with Crippen molar-refractivity contribution < 1.29 is 37.1 Å². The highest BCUT2D eigenvalue weighted by Crippen LogP contribution is 2.45. The minimum atomic E-state index is -3.87. The Balaban J connectivity index is 1.20. The Bertz CT molecular complexity index is 1820. The average Bonchev–Trinajstić information content (AvgIpc) is 3.98. The molecule has 1 aromatic carbocycles. The van der Waals surface area contributed by atoms with E-state index in [1.807, 2.05) is 36.4 Å². The summed E-state index contributed by atoms with van der Waals surface area (Å²) in [5.41, 5.74) is -0.584. The van der Waals surface area contributed by atoms with Crippen molar-refractivity contribution >= 4 is 50.7 Å². The van der Waals surface area contributed by atoms with E-state index < -0.39 is 68.7 Å². The SMILES string of the molecule is C=C[C@@H]1C[C@]1(NC(=O)[C@@H]1C[C@H]2CN1C(=O)[C@H](C1CCC1)NC(=O)OCCCC=Cc1ccc3ccnc(c3c1)O2)C(=O)NS(=O)(=O)C1CC1. The van der Waals surface area contributed by atoms with Crippen molar-refractivity contribution in [3.05, 3.63) is 54.8 Å². The summed E-state index contributed by atoms with van der Waals surface area (Å²) in [7, 11) is -3.87. The fraction of sp³-hybridized carbons (Fsp3) is 0.514. The Hall–Kier alpha value is -4.46. The molecule has 49 heavy (non-hydrogen) atoms. The van der Waals surface area contributed by atoms with Crippen LogP contribution in [0.15, 0.2) is 49.2 Å². The molecule has 260 valence electrons. The van der Waals surface area contributed by atoms with Crippen molar-refractivity contribution in [2.75, 3.05) is 13.2 Å². The number of hydrogen-bond donors (Lipinski definition) is 3. The Morgan fingerprint density at radius 1 is 1.12 bits per heavy atom. The number of fused-ring (bicyclic) bond motifs is 3. The van der Waals surface area contributed by atoms with Gasteiger partial charge in [-0.3, -0.25) is 19.1 Å². The third kappa shape index (κ3) is 6.75. The lowest BCUT2D eigenvalue weighted by Gasteiger charge is -2.36. The molecule has 3 saturated carbocycles. The maximum Gasteiger partial charge on any atom is 0.407 e. The van der Waals surface area contributed by atoms with E-state index in [1.165, 1.54) is 11.0 Å². The van der Waals surface area contributed by atoms with Crippen LogP contribution in [0.5, 0.6) is 5.88 Å². The molecular formula is C35H41N5O8S. The van der Waals surface area contributed by atoms with Gasteiger partial charge in [0.2, 0.25) is 27.7 Å². The van der Waals surface area contributed by atoms with E-state index >= 15 is 0 Å². The molecular weight excluding hydrogens is 650 g/mol. The Kier molecular flexibility index (Phi) is 8.84. The number of alkyl carbamates (subject to hydrolysis) is 1. The fourth-order valence-electron chi connectivity index (χ4n) is 7.00. The Labute approximate surface area is 284 Å². The summed E-state index contributed by atoms with van der Waals surface area (Å²) in [6, 6.07) is 5.80. The Morgan fingerprint density at radius 2 is 1.94 bits per heavy atom. The number of amides is 4. The summed E-state index contributed by atoms with van der Waals surface area (Å²) >= 11 is 0. The highest BCUT2D eigenvalue weighted by atomic mass is 32.2. The number of allylic oxidation sites excluding steroid dienone is 1. The number of sulfonamides is 1. The molecule has 5 aliphatic rings. The highest BCUT2D eigenvalue weighted by molar-refractivity contribution is 7.91. The van der Waals surface area contributed by atoms with E-state index in [1.54, 1.807) is 6.20 Å². The molecule has 13 nitrogen and oxygen atoms in total. The van der Waals surface area contributed by atoms with Gasteiger partial charge in [-0.2, -0.15) is 0 Å². The van der Waals surface area contributed by atoms with Crippen LogP contribution in [-0.4, -0.2) is 84.2 Å². The van der Waals surface area contributed by atoms with E-state index in [4.69, 9.17) is 9.47 Å². The van der Waals surface area contributed by atoms with E-state index in [9.17, 15) is 27.6 Å². The van der Waals surface area contributed by atoms with Gasteiger partial charge in [0.25, 0.3) is 5.91 Å². The summed E-state index contributed by atoms with van der Waals surface area (Å²) in [6.45, 7) is 3.96. The number of aromatic nitrogens is 1. The highest BCUT2D eigenvalue weighted by Gasteiger charge is 2.62. The van der Waals surface area contributed by atoms with Gasteiger partial charge in [-0.15, -0.1) is 6.58 Å². The molecule has 7 rings (SSSR count). The number of carbonyl (C=O) groups excluding carboxylic acids is 4. The lowest BCUT2D eigenvalue weighted by Crippen LogP contribution is -2.59. The van der Waals surface area contributed by atoms with Gasteiger partial charge in [-0.1, -0.05) is 36.8 Å². The van der Waals surface area contributed by atoms with Crippen LogP contribution in [0.1, 0.15) is 63.4 Å². The second-order valence-electron chi connectivity index (χ2n) is 13.8. The van der Waals surface area contributed by atoms with E-state index in [2.05, 4.69) is 26.9 Å². The number of rotatable bonds is 7. The van der Waals surface area contributed by atoms with Crippen LogP contribution in [-0.2, 0) is 29.1 Å². The van der Waals surface area contributed by atoms with E-state index in [-0.39, 0.29) is 31.9 Å². The third-order valence-electron chi connectivity index (χ3n) is 10.3. The van der Waals surface area contributed by atoms with Crippen LogP contribution >= 0.6 is 0 Å². The topological polar surface area (TPSA) is 173 Å². The van der Waals surface area contributed by atoms with Crippen LogP contribution in [0.2, 0.25) is 0 Å². The molecule has 4 amide bonds. The maximum absolute atomic E-state index is 14.3. The zero-order valence-corrected chi connectivity index (χ0v) is 28.0. The van der Waals surface area contributed by atoms with Crippen LogP contribution in [0.25, 0.3) is 16.8 Å². The van der Waals surface area contributed by atoms with Crippen molar-refractivity contribution in [2.24, 2.45) is 11.8 Å². The number of benzene rings is 1. The number of carbonyl (C=O) groups is 4. The number of nitrogens with one attached hydrogen (secondary N) is 3. The number of cyclic esters (lactones) is 1. The zero-order chi connectivity index (χ0) is 34.3. The van der Waals surface area contributed by atoms with Gasteiger partial charge >= 0.3 is 6.09 Å². The predicted octanol–water partition coefficient (Wildman–Crippen LogP) is 2.95. The molecule has 0 unspecified atom stereocenters. The first-order chi connectivity index (χ1) is 23.6. The zero-order valence-electron chi connectivity index (χ0n) is 27.1. The minimum absolute atomic E-state index is 0.0225. The predicted molar refractivity (Wildman–Crippen MR) is 179 cm³/mol. The largest absolute Gasteiger partial charge is 0.472 e. The summed E-state index contributed by atoms with van der Waals surface area (Å²) in [4.78, 5) is 60.7. The molecule has 3 heterocycles. The quantitative estimate of drug-likeness (QED) is 0.369. The van der Waals surface area contributed by atoms with Crippen molar-refractivity contribution in [2.45, 2.75) is 86.8 Å². The fourth-order valence-corrected chi connectivity index (χ4v) is 8.36. The molecule has 2 aromatic rings. The first kappa shape index (κ1) is 33.1. The maximum atomic E-state index is 14.3. The normalized spacial score (nSPS) is 29.1. The molecule has 0 radical (unpaired) electrons. The van der Waals surface area contributed by atoms with Crippen LogP contribution < -0.4 is 20.1 Å². The monoisotopic (exact) mass is 691 g/mol. The third-order valence-corrected chi connectivity index (χ3v) is 12.2. The van der Waals surface area contributed by atoms with Crippen molar-refractivity contribution in [3.8, 4) is 5.88 Å². The molecule has 1 aromatic heterocycles. The smallest absolute Gasteiger partial charge is 0.407 e. The van der Waals surface area contributed by atoms with E-state index in [0.717, 1.165) is 35.6 Å². The molecule has 3 aliphatic carbocycles. The number of hydrogen-bond acceptors (Lipinski definition) is 9. The molecule has 4 bridgehead atoms. The first-order valence-corrected chi connectivity index (χ1v) is 18.6. The van der Waals surface area contributed by atoms with Gasteiger partial charge < -0.3 is 25.0 Å². The van der Waals surface area contributed by atoms with Gasteiger partial charge in [0.1, 0.15) is 23.7 Å². The summed E-state index contributed by atoms with van der Waals surface area (Å²) in [5, 5.41) is 6.65. The number of pyridine rings is 1. The van der Waals surface area contributed by atoms with E-state index in [0.29, 0.717) is 31.6 Å². The van der Waals surface area contributed by atoms with Gasteiger partial charge in [-0.25, -0.2) is 18.2 Å². The number of ether oxygens (including phenoxy) is 2. The molecule has 3 N–H and O–H groups in total.